The highest BCUT2D eigenvalue weighted by Gasteiger charge is 2.22. The zero-order valence-corrected chi connectivity index (χ0v) is 27.7. The second kappa shape index (κ2) is 10.8. The molecule has 0 saturated carbocycles. The van der Waals surface area contributed by atoms with Gasteiger partial charge in [-0.15, -0.1) is 24.0 Å². The van der Waals surface area contributed by atoms with E-state index in [1.165, 1.54) is 96.6 Å². The molecule has 2 heteroatoms. The van der Waals surface area contributed by atoms with Crippen LogP contribution in [0.4, 0.5) is 0 Å². The van der Waals surface area contributed by atoms with Crippen molar-refractivity contribution in [2.45, 2.75) is 4.90 Å². The van der Waals surface area contributed by atoms with Crippen molar-refractivity contribution in [1.29, 1.82) is 0 Å². The van der Waals surface area contributed by atoms with Gasteiger partial charge in [-0.1, -0.05) is 152 Å². The van der Waals surface area contributed by atoms with Crippen molar-refractivity contribution in [2.24, 2.45) is 0 Å². The molecule has 10 rings (SSSR count). The van der Waals surface area contributed by atoms with Crippen molar-refractivity contribution < 1.29 is 0 Å². The number of hydrogen-bond donors (Lipinski definition) is 1. The molecule has 0 radical (unpaired) electrons. The largest absolute Gasteiger partial charge is 0.142 e. The van der Waals surface area contributed by atoms with Crippen molar-refractivity contribution in [3.8, 4) is 33.4 Å². The topological polar surface area (TPSA) is 0 Å². The summed E-state index contributed by atoms with van der Waals surface area (Å²) in [6, 6.07) is 60.0. The van der Waals surface area contributed by atoms with Gasteiger partial charge in [0.25, 0.3) is 0 Å². The Hall–Kier alpha value is -5.41. The van der Waals surface area contributed by atoms with Crippen molar-refractivity contribution >= 4 is 87.2 Å². The molecule has 0 N–H and O–H groups in total. The van der Waals surface area contributed by atoms with Gasteiger partial charge in [0.05, 0.1) is 0 Å². The zero-order chi connectivity index (χ0) is 31.8. The van der Waals surface area contributed by atoms with Gasteiger partial charge in [0.2, 0.25) is 0 Å². The van der Waals surface area contributed by atoms with Gasteiger partial charge in [0.1, 0.15) is 0 Å². The predicted octanol–water partition coefficient (Wildman–Crippen LogP) is 14.0. The third-order valence-electron chi connectivity index (χ3n) is 9.96. The molecular formula is C46H28S2. The summed E-state index contributed by atoms with van der Waals surface area (Å²) in [7, 11) is 0. The summed E-state index contributed by atoms with van der Waals surface area (Å²) in [5.41, 5.74) is 7.64. The van der Waals surface area contributed by atoms with Gasteiger partial charge < -0.3 is 0 Å². The Bertz CT molecular complexity index is 2780. The molecule has 0 nitrogen and oxygen atoms in total. The number of benzene rings is 9. The molecule has 0 aliphatic carbocycles. The Morgan fingerprint density at radius 3 is 1.10 bits per heavy atom. The molecule has 224 valence electrons. The van der Waals surface area contributed by atoms with Gasteiger partial charge in [0, 0.05) is 25.1 Å². The fraction of sp³-hybridized carbons (Fsp3) is 0. The third-order valence-corrected chi connectivity index (χ3v) is 11.6. The van der Waals surface area contributed by atoms with Crippen molar-refractivity contribution in [3.63, 3.8) is 0 Å². The van der Waals surface area contributed by atoms with Gasteiger partial charge in [-0.2, -0.15) is 0 Å². The summed E-state index contributed by atoms with van der Waals surface area (Å²) in [5, 5.41) is 12.5. The highest BCUT2D eigenvalue weighted by atomic mass is 32.1. The SMILES string of the molecule is Sc1c2ccccc2c(-c2cccc3sc4cccc(-c5c6ccccc6c(-c6ccccc6)c6ccccc56)c4c23)c2ccccc12. The molecule has 48 heavy (non-hydrogen) atoms. The van der Waals surface area contributed by atoms with E-state index in [9.17, 15) is 0 Å². The molecule has 0 fully saturated rings. The fourth-order valence-electron chi connectivity index (χ4n) is 8.01. The lowest BCUT2D eigenvalue weighted by Gasteiger charge is -2.19. The van der Waals surface area contributed by atoms with Crippen LogP contribution >= 0.6 is 24.0 Å². The predicted molar refractivity (Wildman–Crippen MR) is 213 cm³/mol. The summed E-state index contributed by atoms with van der Waals surface area (Å²) < 4.78 is 2.60. The van der Waals surface area contributed by atoms with Crippen LogP contribution in [0.15, 0.2) is 169 Å². The molecule has 0 atom stereocenters. The van der Waals surface area contributed by atoms with Gasteiger partial charge in [0.15, 0.2) is 0 Å². The first-order chi connectivity index (χ1) is 23.8. The number of rotatable bonds is 3. The Kier molecular flexibility index (Phi) is 6.24. The molecule has 1 aromatic heterocycles. The Balaban J connectivity index is 1.39. The maximum Gasteiger partial charge on any atom is 0.0361 e. The standard InChI is InChI=1S/C46H28S2/c47-46-35-22-10-8-20-33(35)43(34-21-9-11-23-36(34)46)38-25-13-27-40-45(38)44-37(24-12-26-39(44)48-40)42-31-18-6-4-16-29(31)41(28-14-2-1-3-15-28)30-17-5-7-19-32(30)42/h1-27,47H. The Morgan fingerprint density at radius 2 is 0.667 bits per heavy atom. The zero-order valence-electron chi connectivity index (χ0n) is 25.9. The van der Waals surface area contributed by atoms with Crippen LogP contribution in [0.25, 0.3) is 96.6 Å². The second-order valence-electron chi connectivity index (χ2n) is 12.5. The monoisotopic (exact) mass is 644 g/mol. The summed E-state index contributed by atoms with van der Waals surface area (Å²) >= 11 is 6.95. The van der Waals surface area contributed by atoms with Crippen molar-refractivity contribution in [3.05, 3.63) is 164 Å². The second-order valence-corrected chi connectivity index (χ2v) is 14.0. The Morgan fingerprint density at radius 1 is 0.312 bits per heavy atom. The minimum Gasteiger partial charge on any atom is -0.142 e. The lowest BCUT2D eigenvalue weighted by molar-refractivity contribution is 1.62. The minimum absolute atomic E-state index is 1.03. The van der Waals surface area contributed by atoms with Crippen LogP contribution in [-0.2, 0) is 0 Å². The van der Waals surface area contributed by atoms with Crippen molar-refractivity contribution in [2.75, 3.05) is 0 Å². The van der Waals surface area contributed by atoms with Crippen LogP contribution in [0.2, 0.25) is 0 Å². The highest BCUT2D eigenvalue weighted by Crippen LogP contribution is 2.51. The van der Waals surface area contributed by atoms with Crippen LogP contribution in [-0.4, -0.2) is 0 Å². The first-order valence-corrected chi connectivity index (χ1v) is 17.6. The highest BCUT2D eigenvalue weighted by molar-refractivity contribution is 7.80. The van der Waals surface area contributed by atoms with E-state index in [1.807, 2.05) is 11.3 Å². The minimum atomic E-state index is 1.03. The van der Waals surface area contributed by atoms with E-state index in [1.54, 1.807) is 0 Å². The number of hydrogen-bond acceptors (Lipinski definition) is 2. The van der Waals surface area contributed by atoms with Gasteiger partial charge in [-0.3, -0.25) is 0 Å². The van der Waals surface area contributed by atoms with Crippen LogP contribution in [0.5, 0.6) is 0 Å². The molecule has 0 aliphatic heterocycles. The van der Waals surface area contributed by atoms with Crippen LogP contribution in [0, 0.1) is 0 Å². The smallest absolute Gasteiger partial charge is 0.0361 e. The molecule has 0 amide bonds. The van der Waals surface area contributed by atoms with E-state index in [0.29, 0.717) is 0 Å². The van der Waals surface area contributed by atoms with Gasteiger partial charge >= 0.3 is 0 Å². The van der Waals surface area contributed by atoms with E-state index in [2.05, 4.69) is 164 Å². The van der Waals surface area contributed by atoms with Crippen LogP contribution in [0.1, 0.15) is 0 Å². The van der Waals surface area contributed by atoms with E-state index in [4.69, 9.17) is 12.6 Å². The maximum absolute atomic E-state index is 5.07. The van der Waals surface area contributed by atoms with E-state index < -0.39 is 0 Å². The third kappa shape index (κ3) is 3.97. The van der Waals surface area contributed by atoms with Crippen LogP contribution < -0.4 is 0 Å². The first kappa shape index (κ1) is 27.7. The number of fused-ring (bicyclic) bond motifs is 7. The van der Waals surface area contributed by atoms with E-state index in [0.717, 1.165) is 4.90 Å². The van der Waals surface area contributed by atoms with Crippen molar-refractivity contribution in [1.82, 2.24) is 0 Å². The number of thiophene rings is 1. The average molecular weight is 645 g/mol. The summed E-state index contributed by atoms with van der Waals surface area (Å²) in [6.07, 6.45) is 0. The first-order valence-electron chi connectivity index (χ1n) is 16.3. The normalized spacial score (nSPS) is 11.9. The Labute approximate surface area is 287 Å². The lowest BCUT2D eigenvalue weighted by atomic mass is 9.84. The summed E-state index contributed by atoms with van der Waals surface area (Å²) in [4.78, 5) is 1.03. The molecule has 1 heterocycles. The lowest BCUT2D eigenvalue weighted by Crippen LogP contribution is -1.92. The molecule has 0 unspecified atom stereocenters. The van der Waals surface area contributed by atoms with E-state index >= 15 is 0 Å². The molecule has 10 aromatic rings. The fourth-order valence-corrected chi connectivity index (χ4v) is 9.56. The molecular weight excluding hydrogens is 617 g/mol. The van der Waals surface area contributed by atoms with E-state index in [-0.39, 0.29) is 0 Å². The molecule has 0 saturated heterocycles. The average Bonchev–Trinajstić information content (AvgIpc) is 3.54. The van der Waals surface area contributed by atoms with Gasteiger partial charge in [-0.05, 0) is 88.6 Å². The number of thiol groups is 1. The molecule has 0 spiro atoms. The maximum atomic E-state index is 5.07. The molecule has 0 aliphatic rings. The quantitative estimate of drug-likeness (QED) is 0.144. The molecule has 9 aromatic carbocycles. The summed E-state index contributed by atoms with van der Waals surface area (Å²) in [5.74, 6) is 0. The molecule has 0 bridgehead atoms. The van der Waals surface area contributed by atoms with Crippen LogP contribution in [0.3, 0.4) is 0 Å². The van der Waals surface area contributed by atoms with Gasteiger partial charge in [-0.25, -0.2) is 0 Å². The summed E-state index contributed by atoms with van der Waals surface area (Å²) in [6.45, 7) is 0.